The van der Waals surface area contributed by atoms with Crippen LogP contribution in [0, 0.1) is 0 Å². The molecular weight excluding hydrogens is 266 g/mol. The van der Waals surface area contributed by atoms with Gasteiger partial charge in [0, 0.05) is 22.8 Å². The molecule has 0 radical (unpaired) electrons. The number of nitrogens with one attached hydrogen (secondary N) is 1. The second-order valence-electron chi connectivity index (χ2n) is 5.76. The van der Waals surface area contributed by atoms with Crippen LogP contribution in [0.5, 0.6) is 0 Å². The molecule has 2 aromatic rings. The van der Waals surface area contributed by atoms with Crippen LogP contribution in [-0.4, -0.2) is 11.7 Å². The van der Waals surface area contributed by atoms with Crippen molar-refractivity contribution >= 4 is 11.3 Å². The highest BCUT2D eigenvalue weighted by molar-refractivity contribution is 7.12. The van der Waals surface area contributed by atoms with Crippen LogP contribution < -0.4 is 5.32 Å². The molecule has 1 atom stereocenters. The Balaban J connectivity index is 1.56. The monoisotopic (exact) mass is 287 g/mol. The van der Waals surface area contributed by atoms with Gasteiger partial charge < -0.3 is 10.4 Å². The summed E-state index contributed by atoms with van der Waals surface area (Å²) in [7, 11) is 0. The van der Waals surface area contributed by atoms with Gasteiger partial charge in [0.25, 0.3) is 0 Å². The topological polar surface area (TPSA) is 32.3 Å². The lowest BCUT2D eigenvalue weighted by Crippen LogP contribution is -2.34. The molecule has 3 heteroatoms. The van der Waals surface area contributed by atoms with Gasteiger partial charge in [0.15, 0.2) is 0 Å². The molecule has 0 saturated carbocycles. The van der Waals surface area contributed by atoms with E-state index < -0.39 is 5.60 Å². The summed E-state index contributed by atoms with van der Waals surface area (Å²) in [6.07, 6.45) is 3.81. The van der Waals surface area contributed by atoms with Crippen LogP contribution in [0.15, 0.2) is 36.4 Å². The summed E-state index contributed by atoms with van der Waals surface area (Å²) < 4.78 is 0. The van der Waals surface area contributed by atoms with Crippen LogP contribution in [-0.2, 0) is 25.0 Å². The smallest absolute Gasteiger partial charge is 0.0992 e. The highest BCUT2D eigenvalue weighted by Crippen LogP contribution is 2.30. The van der Waals surface area contributed by atoms with Gasteiger partial charge >= 0.3 is 0 Å². The average molecular weight is 287 g/mol. The van der Waals surface area contributed by atoms with Gasteiger partial charge in [0.05, 0.1) is 5.60 Å². The van der Waals surface area contributed by atoms with Gasteiger partial charge in [-0.3, -0.25) is 0 Å². The second-order valence-corrected chi connectivity index (χ2v) is 6.98. The lowest BCUT2D eigenvalue weighted by Gasteiger charge is -2.24. The Bertz CT molecular complexity index is 552. The highest BCUT2D eigenvalue weighted by atomic mass is 32.1. The third-order valence-corrected chi connectivity index (χ3v) is 5.20. The van der Waals surface area contributed by atoms with Gasteiger partial charge in [-0.1, -0.05) is 30.3 Å². The van der Waals surface area contributed by atoms with Gasteiger partial charge in [-0.25, -0.2) is 0 Å². The van der Waals surface area contributed by atoms with E-state index in [9.17, 15) is 5.11 Å². The Kier molecular flexibility index (Phi) is 3.92. The molecular formula is C17H21NOS. The van der Waals surface area contributed by atoms with Crippen LogP contribution in [0.4, 0.5) is 0 Å². The van der Waals surface area contributed by atoms with Gasteiger partial charge in [0.1, 0.15) is 0 Å². The largest absolute Gasteiger partial charge is 0.384 e. The first-order valence-electron chi connectivity index (χ1n) is 7.24. The van der Waals surface area contributed by atoms with Crippen LogP contribution in [0.3, 0.4) is 0 Å². The standard InChI is InChI=1S/C17H21NOS/c1-17(19,14-7-3-2-4-8-14)12-18-11-15-10-13-6-5-9-16(13)20-15/h2-4,7-8,10,18-19H,5-6,9,11-12H2,1H3. The Labute approximate surface area is 124 Å². The molecule has 106 valence electrons. The maximum absolute atomic E-state index is 10.5. The van der Waals surface area contributed by atoms with Crippen LogP contribution >= 0.6 is 11.3 Å². The fraction of sp³-hybridized carbons (Fsp3) is 0.412. The number of hydrogen-bond acceptors (Lipinski definition) is 3. The first kappa shape index (κ1) is 13.8. The molecule has 0 bridgehead atoms. The molecule has 0 aliphatic heterocycles. The average Bonchev–Trinajstić information content (AvgIpc) is 3.00. The minimum atomic E-state index is -0.818. The first-order chi connectivity index (χ1) is 9.65. The summed E-state index contributed by atoms with van der Waals surface area (Å²) in [6.45, 7) is 3.28. The number of thiophene rings is 1. The molecule has 1 unspecified atom stereocenters. The van der Waals surface area contributed by atoms with Crippen molar-refractivity contribution in [3.8, 4) is 0 Å². The number of aryl methyl sites for hydroxylation is 2. The van der Waals surface area contributed by atoms with E-state index in [0.29, 0.717) is 6.54 Å². The summed E-state index contributed by atoms with van der Waals surface area (Å²) in [5.74, 6) is 0. The van der Waals surface area contributed by atoms with E-state index in [4.69, 9.17) is 0 Å². The Morgan fingerprint density at radius 3 is 2.80 bits per heavy atom. The summed E-state index contributed by atoms with van der Waals surface area (Å²) in [6, 6.07) is 12.2. The minimum Gasteiger partial charge on any atom is -0.384 e. The lowest BCUT2D eigenvalue weighted by atomic mass is 9.96. The molecule has 1 aromatic carbocycles. The fourth-order valence-electron chi connectivity index (χ4n) is 2.81. The summed E-state index contributed by atoms with van der Waals surface area (Å²) >= 11 is 1.92. The maximum atomic E-state index is 10.5. The zero-order chi connectivity index (χ0) is 14.0. The third kappa shape index (κ3) is 2.95. The van der Waals surface area contributed by atoms with Gasteiger partial charge in [0.2, 0.25) is 0 Å². The second kappa shape index (κ2) is 5.68. The van der Waals surface area contributed by atoms with Gasteiger partial charge in [-0.2, -0.15) is 0 Å². The van der Waals surface area contributed by atoms with Crippen LogP contribution in [0.2, 0.25) is 0 Å². The molecule has 2 nitrogen and oxygen atoms in total. The third-order valence-electron chi connectivity index (χ3n) is 3.96. The van der Waals surface area contributed by atoms with Crippen molar-refractivity contribution in [3.63, 3.8) is 0 Å². The van der Waals surface area contributed by atoms with E-state index in [1.54, 1.807) is 10.4 Å². The number of fused-ring (bicyclic) bond motifs is 1. The fourth-order valence-corrected chi connectivity index (χ4v) is 4.04. The van der Waals surface area contributed by atoms with E-state index >= 15 is 0 Å². The number of benzene rings is 1. The number of hydrogen-bond donors (Lipinski definition) is 2. The van der Waals surface area contributed by atoms with Crippen molar-refractivity contribution in [1.82, 2.24) is 5.32 Å². The predicted molar refractivity (Wildman–Crippen MR) is 84.1 cm³/mol. The first-order valence-corrected chi connectivity index (χ1v) is 8.06. The van der Waals surface area contributed by atoms with Crippen LogP contribution in [0.1, 0.15) is 34.2 Å². The molecule has 0 amide bonds. The zero-order valence-corrected chi connectivity index (χ0v) is 12.7. The van der Waals surface area contributed by atoms with Crippen molar-refractivity contribution in [2.75, 3.05) is 6.54 Å². The van der Waals surface area contributed by atoms with Gasteiger partial charge in [-0.05, 0) is 43.4 Å². The van der Waals surface area contributed by atoms with Crippen molar-refractivity contribution in [3.05, 3.63) is 57.3 Å². The molecule has 2 N–H and O–H groups in total. The molecule has 0 spiro atoms. The number of aliphatic hydroxyl groups is 1. The maximum Gasteiger partial charge on any atom is 0.0992 e. The molecule has 1 aliphatic carbocycles. The quantitative estimate of drug-likeness (QED) is 0.885. The van der Waals surface area contributed by atoms with Crippen molar-refractivity contribution in [1.29, 1.82) is 0 Å². The molecule has 3 rings (SSSR count). The van der Waals surface area contributed by atoms with E-state index in [-0.39, 0.29) is 0 Å². The van der Waals surface area contributed by atoms with Crippen molar-refractivity contribution in [2.45, 2.75) is 38.3 Å². The van der Waals surface area contributed by atoms with Gasteiger partial charge in [-0.15, -0.1) is 11.3 Å². The summed E-state index contributed by atoms with van der Waals surface area (Å²) in [5, 5.41) is 13.9. The molecule has 0 saturated heterocycles. The van der Waals surface area contributed by atoms with E-state index in [1.165, 1.54) is 24.1 Å². The number of rotatable bonds is 5. The lowest BCUT2D eigenvalue weighted by molar-refractivity contribution is 0.0567. The van der Waals surface area contributed by atoms with E-state index in [0.717, 1.165) is 12.1 Å². The summed E-state index contributed by atoms with van der Waals surface area (Å²) in [4.78, 5) is 2.95. The van der Waals surface area contributed by atoms with E-state index in [1.807, 2.05) is 48.6 Å². The highest BCUT2D eigenvalue weighted by Gasteiger charge is 2.22. The Hall–Kier alpha value is -1.16. The summed E-state index contributed by atoms with van der Waals surface area (Å²) in [5.41, 5.74) is 1.68. The molecule has 1 aliphatic rings. The van der Waals surface area contributed by atoms with Crippen molar-refractivity contribution in [2.24, 2.45) is 0 Å². The molecule has 0 fully saturated rings. The molecule has 20 heavy (non-hydrogen) atoms. The SMILES string of the molecule is CC(O)(CNCc1cc2c(s1)CCC2)c1ccccc1. The Morgan fingerprint density at radius 2 is 2.05 bits per heavy atom. The van der Waals surface area contributed by atoms with E-state index in [2.05, 4.69) is 11.4 Å². The predicted octanol–water partition coefficient (Wildman–Crippen LogP) is 3.23. The Morgan fingerprint density at radius 1 is 1.25 bits per heavy atom. The molecule has 1 aromatic heterocycles. The zero-order valence-electron chi connectivity index (χ0n) is 11.9. The minimum absolute atomic E-state index is 0.569. The normalized spacial score (nSPS) is 16.9. The molecule has 1 heterocycles. The van der Waals surface area contributed by atoms with Crippen LogP contribution in [0.25, 0.3) is 0 Å². The van der Waals surface area contributed by atoms with Crippen molar-refractivity contribution < 1.29 is 5.11 Å².